The van der Waals surface area contributed by atoms with Crippen molar-refractivity contribution >= 4 is 0 Å². The lowest BCUT2D eigenvalue weighted by Crippen LogP contribution is -2.17. The van der Waals surface area contributed by atoms with Crippen LogP contribution in [0.1, 0.15) is 20.3 Å². The first kappa shape index (κ1) is 6.62. The Morgan fingerprint density at radius 1 is 1.78 bits per heavy atom. The minimum absolute atomic E-state index is 0.0853. The number of hydrogen-bond acceptors (Lipinski definition) is 2. The van der Waals surface area contributed by atoms with Crippen molar-refractivity contribution in [3.05, 3.63) is 11.8 Å². The molecule has 0 aliphatic carbocycles. The first-order chi connectivity index (χ1) is 4.14. The van der Waals surface area contributed by atoms with E-state index >= 15 is 0 Å². The van der Waals surface area contributed by atoms with E-state index in [-0.39, 0.29) is 12.2 Å². The topological polar surface area (TPSA) is 29.5 Å². The maximum Gasteiger partial charge on any atom is 0.106 e. The standard InChI is InChI=1S/C7H12O2/c1-7(2)3-6(4-8)5-9-7/h5,8H,3-4H2,1-2H3. The van der Waals surface area contributed by atoms with Gasteiger partial charge in [0.25, 0.3) is 0 Å². The Kier molecular flexibility index (Phi) is 1.49. The molecule has 0 atom stereocenters. The van der Waals surface area contributed by atoms with Crippen molar-refractivity contribution in [2.24, 2.45) is 0 Å². The van der Waals surface area contributed by atoms with Gasteiger partial charge in [-0.25, -0.2) is 0 Å². The molecule has 0 aromatic carbocycles. The van der Waals surface area contributed by atoms with Gasteiger partial charge in [-0.1, -0.05) is 0 Å². The summed E-state index contributed by atoms with van der Waals surface area (Å²) in [4.78, 5) is 0. The molecule has 0 aromatic heterocycles. The third-order valence-corrected chi connectivity index (χ3v) is 1.40. The molecule has 0 bridgehead atoms. The highest BCUT2D eigenvalue weighted by atomic mass is 16.5. The summed E-state index contributed by atoms with van der Waals surface area (Å²) in [5, 5.41) is 8.65. The lowest BCUT2D eigenvalue weighted by molar-refractivity contribution is 0.0823. The Morgan fingerprint density at radius 3 is 2.67 bits per heavy atom. The van der Waals surface area contributed by atoms with Gasteiger partial charge in [-0.05, 0) is 19.4 Å². The van der Waals surface area contributed by atoms with Crippen LogP contribution in [0.2, 0.25) is 0 Å². The first-order valence-corrected chi connectivity index (χ1v) is 3.11. The van der Waals surface area contributed by atoms with Gasteiger partial charge in [0.1, 0.15) is 5.60 Å². The molecule has 2 nitrogen and oxygen atoms in total. The van der Waals surface area contributed by atoms with Gasteiger partial charge in [-0.3, -0.25) is 0 Å². The Morgan fingerprint density at radius 2 is 2.44 bits per heavy atom. The monoisotopic (exact) mass is 128 g/mol. The van der Waals surface area contributed by atoms with Crippen molar-refractivity contribution < 1.29 is 9.84 Å². The van der Waals surface area contributed by atoms with E-state index in [2.05, 4.69) is 0 Å². The summed E-state index contributed by atoms with van der Waals surface area (Å²) in [5.74, 6) is 0. The fourth-order valence-corrected chi connectivity index (χ4v) is 0.966. The number of ether oxygens (including phenoxy) is 1. The van der Waals surface area contributed by atoms with Gasteiger partial charge in [0, 0.05) is 6.42 Å². The maximum atomic E-state index is 8.65. The molecule has 1 aliphatic heterocycles. The van der Waals surface area contributed by atoms with Crippen LogP contribution in [0, 0.1) is 0 Å². The summed E-state index contributed by atoms with van der Waals surface area (Å²) in [6.45, 7) is 4.14. The Labute approximate surface area is 55.1 Å². The molecule has 0 spiro atoms. The summed E-state index contributed by atoms with van der Waals surface area (Å²) in [5.41, 5.74) is 0.901. The van der Waals surface area contributed by atoms with Crippen LogP contribution in [0.25, 0.3) is 0 Å². The van der Waals surface area contributed by atoms with Gasteiger partial charge in [0.05, 0.1) is 12.9 Å². The molecule has 0 saturated carbocycles. The molecule has 0 radical (unpaired) electrons. The van der Waals surface area contributed by atoms with Crippen LogP contribution < -0.4 is 0 Å². The average Bonchev–Trinajstić information content (AvgIpc) is 2.10. The van der Waals surface area contributed by atoms with Gasteiger partial charge >= 0.3 is 0 Å². The van der Waals surface area contributed by atoms with E-state index in [9.17, 15) is 0 Å². The van der Waals surface area contributed by atoms with Crippen LogP contribution in [0.5, 0.6) is 0 Å². The molecule has 0 saturated heterocycles. The van der Waals surface area contributed by atoms with Gasteiger partial charge in [-0.15, -0.1) is 0 Å². The largest absolute Gasteiger partial charge is 0.495 e. The number of hydrogen-bond donors (Lipinski definition) is 1. The smallest absolute Gasteiger partial charge is 0.106 e. The Bertz CT molecular complexity index is 136. The summed E-state index contributed by atoms with van der Waals surface area (Å²) >= 11 is 0. The highest BCUT2D eigenvalue weighted by Crippen LogP contribution is 2.26. The molecule has 1 aliphatic rings. The van der Waals surface area contributed by atoms with Crippen LogP contribution in [0.15, 0.2) is 11.8 Å². The van der Waals surface area contributed by atoms with Crippen molar-refractivity contribution in [1.29, 1.82) is 0 Å². The third-order valence-electron chi connectivity index (χ3n) is 1.40. The summed E-state index contributed by atoms with van der Waals surface area (Å²) < 4.78 is 5.22. The summed E-state index contributed by atoms with van der Waals surface area (Å²) in [6, 6.07) is 0. The van der Waals surface area contributed by atoms with E-state index in [4.69, 9.17) is 9.84 Å². The van der Waals surface area contributed by atoms with Crippen LogP contribution in [-0.4, -0.2) is 17.3 Å². The van der Waals surface area contributed by atoms with E-state index in [0.717, 1.165) is 12.0 Å². The average molecular weight is 128 g/mol. The zero-order chi connectivity index (χ0) is 6.91. The quantitative estimate of drug-likeness (QED) is 0.572. The zero-order valence-corrected chi connectivity index (χ0v) is 5.85. The molecular formula is C7H12O2. The van der Waals surface area contributed by atoms with Crippen LogP contribution in [0.3, 0.4) is 0 Å². The van der Waals surface area contributed by atoms with E-state index < -0.39 is 0 Å². The third kappa shape index (κ3) is 1.45. The highest BCUT2D eigenvalue weighted by molar-refractivity contribution is 5.08. The molecule has 0 unspecified atom stereocenters. The minimum Gasteiger partial charge on any atom is -0.495 e. The highest BCUT2D eigenvalue weighted by Gasteiger charge is 2.25. The first-order valence-electron chi connectivity index (χ1n) is 3.11. The molecule has 52 valence electrons. The predicted octanol–water partition coefficient (Wildman–Crippen LogP) is 1.06. The van der Waals surface area contributed by atoms with E-state index in [1.807, 2.05) is 13.8 Å². The number of aliphatic hydroxyl groups is 1. The van der Waals surface area contributed by atoms with E-state index in [0.29, 0.717) is 0 Å². The lowest BCUT2D eigenvalue weighted by atomic mass is 10.0. The predicted molar refractivity (Wildman–Crippen MR) is 34.9 cm³/mol. The van der Waals surface area contributed by atoms with Gasteiger partial charge in [0.15, 0.2) is 0 Å². The molecule has 1 heterocycles. The van der Waals surface area contributed by atoms with E-state index in [1.165, 1.54) is 0 Å². The van der Waals surface area contributed by atoms with Crippen LogP contribution in [0.4, 0.5) is 0 Å². The number of aliphatic hydroxyl groups excluding tert-OH is 1. The fraction of sp³-hybridized carbons (Fsp3) is 0.714. The van der Waals surface area contributed by atoms with E-state index in [1.54, 1.807) is 6.26 Å². The molecule has 0 aromatic rings. The van der Waals surface area contributed by atoms with Crippen molar-refractivity contribution in [2.45, 2.75) is 25.9 Å². The second-order valence-electron chi connectivity index (χ2n) is 2.99. The van der Waals surface area contributed by atoms with Crippen LogP contribution >= 0.6 is 0 Å². The van der Waals surface area contributed by atoms with Crippen molar-refractivity contribution in [2.75, 3.05) is 6.61 Å². The second kappa shape index (κ2) is 2.03. The van der Waals surface area contributed by atoms with Gasteiger partial charge < -0.3 is 9.84 Å². The van der Waals surface area contributed by atoms with Gasteiger partial charge in [0.2, 0.25) is 0 Å². The lowest BCUT2D eigenvalue weighted by Gasteiger charge is -2.16. The molecule has 9 heavy (non-hydrogen) atoms. The maximum absolute atomic E-state index is 8.65. The molecule has 2 heteroatoms. The molecule has 1 N–H and O–H groups in total. The van der Waals surface area contributed by atoms with Crippen molar-refractivity contribution in [3.63, 3.8) is 0 Å². The molecular weight excluding hydrogens is 116 g/mol. The fourth-order valence-electron chi connectivity index (χ4n) is 0.966. The Hall–Kier alpha value is -0.500. The van der Waals surface area contributed by atoms with Crippen molar-refractivity contribution in [3.8, 4) is 0 Å². The molecule has 0 fully saturated rings. The van der Waals surface area contributed by atoms with Crippen molar-refractivity contribution in [1.82, 2.24) is 0 Å². The number of rotatable bonds is 1. The van der Waals surface area contributed by atoms with Crippen LogP contribution in [-0.2, 0) is 4.74 Å². The second-order valence-corrected chi connectivity index (χ2v) is 2.99. The normalized spacial score (nSPS) is 23.2. The SMILES string of the molecule is CC1(C)CC(CO)=CO1. The summed E-state index contributed by atoms with van der Waals surface area (Å²) in [7, 11) is 0. The minimum atomic E-state index is -0.0853. The Balaban J connectivity index is 2.50. The zero-order valence-electron chi connectivity index (χ0n) is 5.85. The van der Waals surface area contributed by atoms with Gasteiger partial charge in [-0.2, -0.15) is 0 Å². The molecule has 0 amide bonds. The summed E-state index contributed by atoms with van der Waals surface area (Å²) in [6.07, 6.45) is 2.50. The molecule has 1 rings (SSSR count).